The van der Waals surface area contributed by atoms with E-state index in [-0.39, 0.29) is 23.5 Å². The van der Waals surface area contributed by atoms with Gasteiger partial charge in [0, 0.05) is 49.8 Å². The van der Waals surface area contributed by atoms with Crippen LogP contribution in [0.25, 0.3) is 11.1 Å². The van der Waals surface area contributed by atoms with Gasteiger partial charge in [0.2, 0.25) is 5.91 Å². The van der Waals surface area contributed by atoms with Crippen molar-refractivity contribution in [2.75, 3.05) is 44.2 Å². The summed E-state index contributed by atoms with van der Waals surface area (Å²) in [4.78, 5) is 24.0. The van der Waals surface area contributed by atoms with Crippen LogP contribution < -0.4 is 4.90 Å². The summed E-state index contributed by atoms with van der Waals surface area (Å²) in [6, 6.07) is 12.2. The van der Waals surface area contributed by atoms with Crippen molar-refractivity contribution >= 4 is 11.6 Å². The Bertz CT molecular complexity index is 946. The zero-order valence-electron chi connectivity index (χ0n) is 19.0. The van der Waals surface area contributed by atoms with Crippen LogP contribution in [0.2, 0.25) is 0 Å². The monoisotopic (exact) mass is 434 g/mol. The van der Waals surface area contributed by atoms with E-state index in [2.05, 4.69) is 45.1 Å². The number of aliphatic hydroxyl groups excluding tert-OH is 1. The second kappa shape index (κ2) is 8.83. The molecule has 2 aromatic rings. The summed E-state index contributed by atoms with van der Waals surface area (Å²) in [6.07, 6.45) is 7.98. The maximum Gasteiger partial charge on any atom is 0.245 e. The first-order chi connectivity index (χ1) is 15.6. The predicted octanol–water partition coefficient (Wildman–Crippen LogP) is 3.02. The van der Waals surface area contributed by atoms with E-state index in [4.69, 9.17) is 0 Å². The average molecular weight is 435 g/mol. The lowest BCUT2D eigenvalue weighted by molar-refractivity contribution is -0.134. The van der Waals surface area contributed by atoms with Crippen molar-refractivity contribution < 1.29 is 9.90 Å². The van der Waals surface area contributed by atoms with E-state index in [1.807, 2.05) is 24.1 Å². The predicted molar refractivity (Wildman–Crippen MR) is 126 cm³/mol. The molecule has 3 aliphatic rings. The van der Waals surface area contributed by atoms with Crippen LogP contribution in [-0.4, -0.2) is 77.2 Å². The number of anilines is 1. The highest BCUT2D eigenvalue weighted by atomic mass is 16.3. The molecule has 0 bridgehead atoms. The zero-order valence-corrected chi connectivity index (χ0v) is 19.0. The lowest BCUT2D eigenvalue weighted by Crippen LogP contribution is -2.56. The molecule has 3 heterocycles. The highest BCUT2D eigenvalue weighted by Gasteiger charge is 2.51. The van der Waals surface area contributed by atoms with Crippen molar-refractivity contribution in [1.82, 2.24) is 14.8 Å². The molecule has 32 heavy (non-hydrogen) atoms. The summed E-state index contributed by atoms with van der Waals surface area (Å²) in [5.74, 6) is 0.207. The van der Waals surface area contributed by atoms with E-state index in [1.165, 1.54) is 12.8 Å². The number of likely N-dealkylation sites (tertiary alicyclic amines) is 1. The molecule has 6 heteroatoms. The van der Waals surface area contributed by atoms with Crippen LogP contribution in [-0.2, 0) is 4.79 Å². The SMILES string of the molecule is CC1C(=O)N(CCCN2CCC3(CC3)C(O)C2)CCN1c1cccc(-c2cccnc2)c1. The van der Waals surface area contributed by atoms with Gasteiger partial charge < -0.3 is 19.8 Å². The highest BCUT2D eigenvalue weighted by Crippen LogP contribution is 2.53. The molecule has 170 valence electrons. The number of benzene rings is 1. The van der Waals surface area contributed by atoms with Gasteiger partial charge in [0.1, 0.15) is 6.04 Å². The summed E-state index contributed by atoms with van der Waals surface area (Å²) < 4.78 is 0. The molecule has 6 nitrogen and oxygen atoms in total. The largest absolute Gasteiger partial charge is 0.391 e. The van der Waals surface area contributed by atoms with Crippen LogP contribution in [0.5, 0.6) is 0 Å². The van der Waals surface area contributed by atoms with Crippen molar-refractivity contribution in [3.8, 4) is 11.1 Å². The smallest absolute Gasteiger partial charge is 0.245 e. The number of carbonyl (C=O) groups is 1. The Balaban J connectivity index is 1.15. The Morgan fingerprint density at radius 3 is 2.66 bits per heavy atom. The summed E-state index contributed by atoms with van der Waals surface area (Å²) in [5.41, 5.74) is 3.55. The molecule has 2 unspecified atom stereocenters. The molecule has 0 radical (unpaired) electrons. The second-order valence-corrected chi connectivity index (χ2v) is 9.77. The minimum Gasteiger partial charge on any atom is -0.391 e. The molecular formula is C26H34N4O2. The lowest BCUT2D eigenvalue weighted by atomic mass is 9.90. The molecule has 1 aromatic heterocycles. The molecule has 1 aliphatic carbocycles. The fourth-order valence-corrected chi connectivity index (χ4v) is 5.41. The van der Waals surface area contributed by atoms with Crippen LogP contribution in [0, 0.1) is 5.41 Å². The van der Waals surface area contributed by atoms with Gasteiger partial charge in [0.05, 0.1) is 6.10 Å². The van der Waals surface area contributed by atoms with E-state index >= 15 is 0 Å². The van der Waals surface area contributed by atoms with Gasteiger partial charge in [-0.25, -0.2) is 0 Å². The van der Waals surface area contributed by atoms with Crippen molar-refractivity contribution in [1.29, 1.82) is 0 Å². The van der Waals surface area contributed by atoms with Crippen LogP contribution >= 0.6 is 0 Å². The van der Waals surface area contributed by atoms with Crippen molar-refractivity contribution in [3.63, 3.8) is 0 Å². The average Bonchev–Trinajstić information content (AvgIpc) is 3.61. The normalized spacial score (nSPS) is 25.4. The molecule has 1 N–H and O–H groups in total. The van der Waals surface area contributed by atoms with Crippen LogP contribution in [0.1, 0.15) is 32.6 Å². The fourth-order valence-electron chi connectivity index (χ4n) is 5.41. The van der Waals surface area contributed by atoms with E-state index < -0.39 is 0 Å². The van der Waals surface area contributed by atoms with Gasteiger partial charge in [-0.05, 0) is 74.9 Å². The quantitative estimate of drug-likeness (QED) is 0.757. The molecule has 2 aliphatic heterocycles. The first-order valence-electron chi connectivity index (χ1n) is 12.0. The lowest BCUT2D eigenvalue weighted by Gasteiger charge is -2.41. The molecule has 1 spiro atoms. The number of β-amino-alcohol motifs (C(OH)–C–C–N with tert-alkyl or cyclic N) is 1. The maximum atomic E-state index is 13.1. The summed E-state index contributed by atoms with van der Waals surface area (Å²) in [6.45, 7) is 7.25. The molecule has 1 amide bonds. The third-order valence-electron chi connectivity index (χ3n) is 7.78. The van der Waals surface area contributed by atoms with Crippen molar-refractivity contribution in [3.05, 3.63) is 48.8 Å². The number of carbonyl (C=O) groups excluding carboxylic acids is 1. The molecule has 2 atom stereocenters. The third kappa shape index (κ3) is 4.26. The summed E-state index contributed by atoms with van der Waals surface area (Å²) >= 11 is 0. The molecule has 3 fully saturated rings. The van der Waals surface area contributed by atoms with Crippen LogP contribution in [0.3, 0.4) is 0 Å². The van der Waals surface area contributed by atoms with Crippen molar-refractivity contribution in [2.24, 2.45) is 5.41 Å². The Morgan fingerprint density at radius 2 is 1.91 bits per heavy atom. The van der Waals surface area contributed by atoms with Crippen LogP contribution in [0.4, 0.5) is 5.69 Å². The number of pyridine rings is 1. The minimum absolute atomic E-state index is 0.163. The molecule has 5 rings (SSSR count). The highest BCUT2D eigenvalue weighted by molar-refractivity contribution is 5.86. The van der Waals surface area contributed by atoms with Gasteiger partial charge in [-0.2, -0.15) is 0 Å². The number of amides is 1. The first-order valence-corrected chi connectivity index (χ1v) is 12.0. The fraction of sp³-hybridized carbons (Fsp3) is 0.538. The van der Waals surface area contributed by atoms with Gasteiger partial charge in [0.15, 0.2) is 0 Å². The summed E-state index contributed by atoms with van der Waals surface area (Å²) in [7, 11) is 0. The first kappa shape index (κ1) is 21.4. The number of nitrogens with zero attached hydrogens (tertiary/aromatic N) is 4. The second-order valence-electron chi connectivity index (χ2n) is 9.77. The number of rotatable bonds is 6. The van der Waals surface area contributed by atoms with Gasteiger partial charge in [-0.3, -0.25) is 9.78 Å². The third-order valence-corrected chi connectivity index (χ3v) is 7.78. The van der Waals surface area contributed by atoms with E-state index in [9.17, 15) is 9.90 Å². The van der Waals surface area contributed by atoms with Gasteiger partial charge in [-0.1, -0.05) is 18.2 Å². The van der Waals surface area contributed by atoms with Gasteiger partial charge in [0.25, 0.3) is 0 Å². The Kier molecular flexibility index (Phi) is 5.91. The number of piperidine rings is 1. The Hall–Kier alpha value is -2.44. The maximum absolute atomic E-state index is 13.1. The summed E-state index contributed by atoms with van der Waals surface area (Å²) in [5, 5.41) is 10.4. The number of piperazine rings is 1. The van der Waals surface area contributed by atoms with E-state index in [0.29, 0.717) is 0 Å². The van der Waals surface area contributed by atoms with Gasteiger partial charge in [-0.15, -0.1) is 0 Å². The van der Waals surface area contributed by atoms with Crippen LogP contribution in [0.15, 0.2) is 48.8 Å². The number of aliphatic hydroxyl groups is 1. The van der Waals surface area contributed by atoms with E-state index in [1.54, 1.807) is 6.20 Å². The molecule has 1 saturated carbocycles. The standard InChI is InChI=1S/C26H34N4O2/c1-20-25(32)29(13-4-12-28-14-10-26(8-9-26)24(31)19-28)15-16-30(20)23-7-2-5-21(17-23)22-6-3-11-27-18-22/h2-3,5-7,11,17-18,20,24,31H,4,8-10,12-16,19H2,1H3. The Labute approximate surface area is 190 Å². The number of hydrogen-bond donors (Lipinski definition) is 1. The number of aromatic nitrogens is 1. The number of hydrogen-bond acceptors (Lipinski definition) is 5. The van der Waals surface area contributed by atoms with E-state index in [0.717, 1.165) is 68.9 Å². The molecule has 1 aromatic carbocycles. The Morgan fingerprint density at radius 1 is 1.06 bits per heavy atom. The van der Waals surface area contributed by atoms with Crippen molar-refractivity contribution in [2.45, 2.75) is 44.8 Å². The zero-order chi connectivity index (χ0) is 22.1. The minimum atomic E-state index is -0.167. The molecular weight excluding hydrogens is 400 g/mol. The van der Waals surface area contributed by atoms with Gasteiger partial charge >= 0.3 is 0 Å². The topological polar surface area (TPSA) is 59.9 Å². The molecule has 2 saturated heterocycles.